The van der Waals surface area contributed by atoms with Crippen molar-refractivity contribution in [3.05, 3.63) is 41.0 Å². The van der Waals surface area contributed by atoms with Crippen LogP contribution in [-0.2, 0) is 22.6 Å². The average Bonchev–Trinajstić information content (AvgIpc) is 3.16. The fourth-order valence-corrected chi connectivity index (χ4v) is 4.72. The second-order valence-corrected chi connectivity index (χ2v) is 7.85. The van der Waals surface area contributed by atoms with E-state index in [0.717, 1.165) is 34.4 Å². The average molecular weight is 402 g/mol. The topological polar surface area (TPSA) is 84.9 Å². The van der Waals surface area contributed by atoms with E-state index in [-0.39, 0.29) is 5.91 Å². The molecule has 0 radical (unpaired) electrons. The van der Waals surface area contributed by atoms with Crippen molar-refractivity contribution in [1.82, 2.24) is 19.2 Å². The highest BCUT2D eigenvalue weighted by atomic mass is 16.2. The Balaban J connectivity index is 1.78. The zero-order valence-corrected chi connectivity index (χ0v) is 16.8. The molecule has 152 valence electrons. The molecule has 0 N–H and O–H groups in total. The molecular weight excluding hydrogens is 380 g/mol. The van der Waals surface area contributed by atoms with E-state index in [4.69, 9.17) is 4.98 Å². The number of anilines is 1. The quantitative estimate of drug-likeness (QED) is 0.607. The molecular formula is C22H22N6O2. The van der Waals surface area contributed by atoms with Crippen LogP contribution in [0.2, 0.25) is 0 Å². The van der Waals surface area contributed by atoms with Crippen LogP contribution in [0.4, 0.5) is 5.82 Å². The lowest BCUT2D eigenvalue weighted by molar-refractivity contribution is -0.129. The lowest BCUT2D eigenvalue weighted by Crippen LogP contribution is -2.49. The van der Waals surface area contributed by atoms with Crippen molar-refractivity contribution in [3.63, 3.8) is 0 Å². The molecule has 4 heterocycles. The summed E-state index contributed by atoms with van der Waals surface area (Å²) in [5, 5.41) is 9.99. The molecule has 0 bridgehead atoms. The molecule has 8 nitrogen and oxygen atoms in total. The lowest BCUT2D eigenvalue weighted by Gasteiger charge is -2.39. The summed E-state index contributed by atoms with van der Waals surface area (Å²) in [4.78, 5) is 34.0. The molecule has 2 amide bonds. The summed E-state index contributed by atoms with van der Waals surface area (Å²) in [6.45, 7) is 5.35. The monoisotopic (exact) mass is 402 g/mol. The van der Waals surface area contributed by atoms with E-state index in [0.29, 0.717) is 56.9 Å². The van der Waals surface area contributed by atoms with Crippen molar-refractivity contribution in [2.24, 2.45) is 0 Å². The van der Waals surface area contributed by atoms with Crippen molar-refractivity contribution in [2.45, 2.75) is 19.9 Å². The number of rotatable bonds is 2. The van der Waals surface area contributed by atoms with Crippen LogP contribution in [0.5, 0.6) is 0 Å². The molecule has 1 aromatic carbocycles. The van der Waals surface area contributed by atoms with Crippen molar-refractivity contribution in [2.75, 3.05) is 37.6 Å². The maximum Gasteiger partial charge on any atom is 0.219 e. The zero-order chi connectivity index (χ0) is 20.8. The fraction of sp³-hybridized carbons (Fsp3) is 0.364. The van der Waals surface area contributed by atoms with Crippen LogP contribution < -0.4 is 4.90 Å². The first-order chi connectivity index (χ1) is 14.6. The minimum Gasteiger partial charge on any atom is -0.354 e. The molecule has 2 aromatic heterocycles. The predicted molar refractivity (Wildman–Crippen MR) is 112 cm³/mol. The fourth-order valence-electron chi connectivity index (χ4n) is 4.72. The predicted octanol–water partition coefficient (Wildman–Crippen LogP) is 1.54. The van der Waals surface area contributed by atoms with Crippen LogP contribution in [0.25, 0.3) is 16.7 Å². The highest BCUT2D eigenvalue weighted by Crippen LogP contribution is 2.36. The van der Waals surface area contributed by atoms with Crippen LogP contribution in [0.15, 0.2) is 24.3 Å². The van der Waals surface area contributed by atoms with Crippen molar-refractivity contribution < 1.29 is 9.59 Å². The van der Waals surface area contributed by atoms with E-state index >= 15 is 0 Å². The Morgan fingerprint density at radius 1 is 1.13 bits per heavy atom. The summed E-state index contributed by atoms with van der Waals surface area (Å²) in [6.07, 6.45) is 1.51. The minimum absolute atomic E-state index is 0.0851. The van der Waals surface area contributed by atoms with E-state index in [2.05, 4.69) is 15.4 Å². The number of carbonyl (C=O) groups excluding carboxylic acids is 2. The smallest absolute Gasteiger partial charge is 0.219 e. The van der Waals surface area contributed by atoms with Gasteiger partial charge in [-0.2, -0.15) is 5.26 Å². The van der Waals surface area contributed by atoms with Crippen LogP contribution in [-0.4, -0.2) is 64.2 Å². The first kappa shape index (κ1) is 18.4. The van der Waals surface area contributed by atoms with Gasteiger partial charge in [-0.25, -0.2) is 4.98 Å². The van der Waals surface area contributed by atoms with Crippen molar-refractivity contribution in [1.29, 1.82) is 5.26 Å². The summed E-state index contributed by atoms with van der Waals surface area (Å²) in [7, 11) is 0. The van der Waals surface area contributed by atoms with Gasteiger partial charge in [-0.05, 0) is 24.1 Å². The molecule has 0 saturated carbocycles. The highest BCUT2D eigenvalue weighted by molar-refractivity contribution is 5.86. The summed E-state index contributed by atoms with van der Waals surface area (Å²) in [6, 6.07) is 10.3. The maximum absolute atomic E-state index is 11.8. The second kappa shape index (κ2) is 7.02. The van der Waals surface area contributed by atoms with Gasteiger partial charge in [-0.15, -0.1) is 0 Å². The SMILES string of the molecule is CC(=O)N1CCN(c2c3c(c(C#N)c4nc5ccccc5n24)CCN(C=O)C3)CC1. The number of amides is 2. The standard InChI is InChI=1S/C22H22N6O2/c1-15(30)26-8-10-27(11-9-26)22-18-13-25(14-29)7-6-16(18)17(12-23)21-24-19-4-2-3-5-20(19)28(21)22/h2-5,14H,6-11,13H2,1H3. The first-order valence-corrected chi connectivity index (χ1v) is 10.2. The second-order valence-electron chi connectivity index (χ2n) is 7.85. The Bertz CT molecular complexity index is 1220. The molecule has 0 aliphatic carbocycles. The van der Waals surface area contributed by atoms with Crippen LogP contribution >= 0.6 is 0 Å². The van der Waals surface area contributed by atoms with Crippen LogP contribution in [0, 0.1) is 11.3 Å². The third-order valence-corrected chi connectivity index (χ3v) is 6.23. The van der Waals surface area contributed by atoms with Gasteiger partial charge in [0, 0.05) is 51.8 Å². The number of fused-ring (bicyclic) bond motifs is 4. The van der Waals surface area contributed by atoms with Crippen LogP contribution in [0.1, 0.15) is 23.6 Å². The molecule has 2 aliphatic rings. The first-order valence-electron chi connectivity index (χ1n) is 10.2. The van der Waals surface area contributed by atoms with E-state index in [1.54, 1.807) is 11.8 Å². The number of nitriles is 1. The molecule has 30 heavy (non-hydrogen) atoms. The number of para-hydroxylation sites is 2. The normalized spacial score (nSPS) is 16.6. The minimum atomic E-state index is 0.0851. The molecule has 5 rings (SSSR count). The molecule has 0 spiro atoms. The number of carbonyl (C=O) groups is 2. The van der Waals surface area contributed by atoms with Gasteiger partial charge in [0.1, 0.15) is 11.9 Å². The molecule has 2 aliphatic heterocycles. The molecule has 8 heteroatoms. The van der Waals surface area contributed by atoms with E-state index in [1.165, 1.54) is 0 Å². The number of nitrogens with zero attached hydrogens (tertiary/aromatic N) is 6. The van der Waals surface area contributed by atoms with Crippen molar-refractivity contribution in [3.8, 4) is 6.07 Å². The summed E-state index contributed by atoms with van der Waals surface area (Å²) in [5.41, 5.74) is 5.05. The summed E-state index contributed by atoms with van der Waals surface area (Å²) >= 11 is 0. The molecule has 0 unspecified atom stereocenters. The van der Waals surface area contributed by atoms with Crippen molar-refractivity contribution >= 4 is 34.8 Å². The number of pyridine rings is 1. The number of aromatic nitrogens is 2. The zero-order valence-electron chi connectivity index (χ0n) is 16.8. The number of benzene rings is 1. The Kier molecular flexibility index (Phi) is 4.31. The Labute approximate surface area is 173 Å². The molecule has 3 aromatic rings. The molecule has 0 atom stereocenters. The van der Waals surface area contributed by atoms with Gasteiger partial charge in [-0.1, -0.05) is 12.1 Å². The van der Waals surface area contributed by atoms with Crippen LogP contribution in [0.3, 0.4) is 0 Å². The van der Waals surface area contributed by atoms with E-state index in [9.17, 15) is 14.9 Å². The Morgan fingerprint density at radius 2 is 1.90 bits per heavy atom. The van der Waals surface area contributed by atoms with Gasteiger partial charge in [0.15, 0.2) is 5.65 Å². The van der Waals surface area contributed by atoms with Gasteiger partial charge in [0.2, 0.25) is 12.3 Å². The number of imidazole rings is 1. The third kappa shape index (κ3) is 2.70. The highest BCUT2D eigenvalue weighted by Gasteiger charge is 2.31. The summed E-state index contributed by atoms with van der Waals surface area (Å²) < 4.78 is 2.07. The van der Waals surface area contributed by atoms with Gasteiger partial charge in [-0.3, -0.25) is 14.0 Å². The largest absolute Gasteiger partial charge is 0.354 e. The third-order valence-electron chi connectivity index (χ3n) is 6.23. The van der Waals surface area contributed by atoms with Gasteiger partial charge in [0.25, 0.3) is 0 Å². The molecule has 1 fully saturated rings. The number of hydrogen-bond acceptors (Lipinski definition) is 5. The van der Waals surface area contributed by atoms with Gasteiger partial charge < -0.3 is 14.7 Å². The van der Waals surface area contributed by atoms with E-state index < -0.39 is 0 Å². The number of piperazine rings is 1. The summed E-state index contributed by atoms with van der Waals surface area (Å²) in [5.74, 6) is 1.07. The van der Waals surface area contributed by atoms with E-state index in [1.807, 2.05) is 29.2 Å². The lowest BCUT2D eigenvalue weighted by atomic mass is 9.95. The molecule has 1 saturated heterocycles. The Morgan fingerprint density at radius 3 is 2.60 bits per heavy atom. The van der Waals surface area contributed by atoms with Gasteiger partial charge in [0.05, 0.1) is 16.6 Å². The maximum atomic E-state index is 11.8. The Hall–Kier alpha value is -3.60. The number of hydrogen-bond donors (Lipinski definition) is 0. The van der Waals surface area contributed by atoms with Gasteiger partial charge >= 0.3 is 0 Å².